The maximum absolute atomic E-state index is 13.4. The highest BCUT2D eigenvalue weighted by Crippen LogP contribution is 2.23. The summed E-state index contributed by atoms with van der Waals surface area (Å²) >= 11 is 3.14. The molecule has 0 heterocycles. The van der Waals surface area contributed by atoms with Gasteiger partial charge in [-0.25, -0.2) is 13.2 Å². The molecule has 1 unspecified atom stereocenters. The molecule has 0 aliphatic rings. The van der Waals surface area contributed by atoms with Gasteiger partial charge in [-0.1, -0.05) is 13.0 Å². The second kappa shape index (κ2) is 7.09. The van der Waals surface area contributed by atoms with Crippen LogP contribution in [0.2, 0.25) is 0 Å². The van der Waals surface area contributed by atoms with Crippen LogP contribution in [-0.2, 0) is 6.42 Å². The summed E-state index contributed by atoms with van der Waals surface area (Å²) in [6.45, 7) is 2.58. The number of rotatable bonds is 5. The maximum Gasteiger partial charge on any atom is 0.137 e. The molecule has 0 spiro atoms. The molecule has 0 amide bonds. The van der Waals surface area contributed by atoms with Crippen LogP contribution in [0.3, 0.4) is 0 Å². The number of hydrogen-bond donors (Lipinski definition) is 1. The maximum atomic E-state index is 13.4. The van der Waals surface area contributed by atoms with Crippen molar-refractivity contribution in [1.29, 1.82) is 0 Å². The van der Waals surface area contributed by atoms with E-state index >= 15 is 0 Å². The van der Waals surface area contributed by atoms with Gasteiger partial charge in [-0.15, -0.1) is 0 Å². The molecule has 0 saturated heterocycles. The number of halogens is 4. The van der Waals surface area contributed by atoms with E-state index in [0.717, 1.165) is 11.6 Å². The van der Waals surface area contributed by atoms with Gasteiger partial charge in [0.25, 0.3) is 0 Å². The molecule has 0 saturated carbocycles. The first-order chi connectivity index (χ1) is 9.99. The second-order valence-electron chi connectivity index (χ2n) is 4.77. The van der Waals surface area contributed by atoms with Crippen molar-refractivity contribution in [2.75, 3.05) is 6.54 Å². The first kappa shape index (κ1) is 16.0. The van der Waals surface area contributed by atoms with Crippen molar-refractivity contribution in [1.82, 2.24) is 5.32 Å². The summed E-state index contributed by atoms with van der Waals surface area (Å²) in [6, 6.07) is 7.95. The Kier molecular flexibility index (Phi) is 5.42. The summed E-state index contributed by atoms with van der Waals surface area (Å²) < 4.78 is 40.3. The van der Waals surface area contributed by atoms with Gasteiger partial charge < -0.3 is 5.32 Å². The van der Waals surface area contributed by atoms with Crippen LogP contribution in [0.5, 0.6) is 0 Å². The van der Waals surface area contributed by atoms with E-state index in [0.29, 0.717) is 23.0 Å². The lowest BCUT2D eigenvalue weighted by molar-refractivity contribution is 0.528. The fourth-order valence-electron chi connectivity index (χ4n) is 2.23. The smallest absolute Gasteiger partial charge is 0.137 e. The number of likely N-dealkylation sites (N-methyl/N-ethyl adjacent to an activating group) is 1. The predicted octanol–water partition coefficient (Wildman–Crippen LogP) is 4.76. The van der Waals surface area contributed by atoms with Crippen molar-refractivity contribution in [3.8, 4) is 0 Å². The third-order valence-corrected chi connectivity index (χ3v) is 3.77. The van der Waals surface area contributed by atoms with Crippen molar-refractivity contribution in [2.45, 2.75) is 19.4 Å². The quantitative estimate of drug-likeness (QED) is 0.813. The van der Waals surface area contributed by atoms with E-state index in [4.69, 9.17) is 0 Å². The molecule has 0 radical (unpaired) electrons. The van der Waals surface area contributed by atoms with Crippen LogP contribution in [0, 0.1) is 17.5 Å². The summed E-state index contributed by atoms with van der Waals surface area (Å²) in [5.74, 6) is -1.54. The summed E-state index contributed by atoms with van der Waals surface area (Å²) in [5.41, 5.74) is 1.41. The van der Waals surface area contributed by atoms with E-state index in [-0.39, 0.29) is 11.9 Å². The van der Waals surface area contributed by atoms with E-state index in [1.54, 1.807) is 12.1 Å². The number of benzene rings is 2. The summed E-state index contributed by atoms with van der Waals surface area (Å²) in [4.78, 5) is 0. The third kappa shape index (κ3) is 4.32. The lowest BCUT2D eigenvalue weighted by Crippen LogP contribution is -2.23. The predicted molar refractivity (Wildman–Crippen MR) is 80.6 cm³/mol. The minimum atomic E-state index is -0.604. The van der Waals surface area contributed by atoms with E-state index < -0.39 is 11.6 Å². The Morgan fingerprint density at radius 3 is 2.29 bits per heavy atom. The molecule has 0 bridgehead atoms. The minimum Gasteiger partial charge on any atom is -0.310 e. The van der Waals surface area contributed by atoms with Gasteiger partial charge in [0.1, 0.15) is 17.5 Å². The Morgan fingerprint density at radius 2 is 1.71 bits per heavy atom. The molecule has 0 aromatic heterocycles. The van der Waals surface area contributed by atoms with Crippen molar-refractivity contribution in [3.05, 3.63) is 69.4 Å². The van der Waals surface area contributed by atoms with Gasteiger partial charge >= 0.3 is 0 Å². The van der Waals surface area contributed by atoms with Crippen LogP contribution in [0.25, 0.3) is 0 Å². The molecule has 0 aliphatic heterocycles. The largest absolute Gasteiger partial charge is 0.310 e. The van der Waals surface area contributed by atoms with E-state index in [2.05, 4.69) is 21.2 Å². The monoisotopic (exact) mass is 357 g/mol. The zero-order chi connectivity index (χ0) is 15.4. The van der Waals surface area contributed by atoms with E-state index in [1.807, 2.05) is 6.92 Å². The van der Waals surface area contributed by atoms with Gasteiger partial charge in [-0.2, -0.15) is 0 Å². The van der Waals surface area contributed by atoms with Gasteiger partial charge in [0.15, 0.2) is 0 Å². The second-order valence-corrected chi connectivity index (χ2v) is 5.62. The molecule has 21 heavy (non-hydrogen) atoms. The SMILES string of the molecule is CCNC(Cc1ccc(F)c(Br)c1)c1cc(F)cc(F)c1. The molecule has 112 valence electrons. The molecule has 0 fully saturated rings. The highest BCUT2D eigenvalue weighted by molar-refractivity contribution is 9.10. The van der Waals surface area contributed by atoms with E-state index in [1.165, 1.54) is 18.2 Å². The van der Waals surface area contributed by atoms with Crippen LogP contribution in [-0.4, -0.2) is 6.54 Å². The topological polar surface area (TPSA) is 12.0 Å². The van der Waals surface area contributed by atoms with Crippen LogP contribution in [0.1, 0.15) is 24.1 Å². The van der Waals surface area contributed by atoms with Gasteiger partial charge in [0, 0.05) is 12.1 Å². The van der Waals surface area contributed by atoms with Crippen molar-refractivity contribution in [3.63, 3.8) is 0 Å². The Bertz CT molecular complexity index is 611. The Balaban J connectivity index is 2.27. The molecule has 5 heteroatoms. The lowest BCUT2D eigenvalue weighted by atomic mass is 9.98. The normalized spacial score (nSPS) is 12.4. The fraction of sp³-hybridized carbons (Fsp3) is 0.250. The zero-order valence-electron chi connectivity index (χ0n) is 11.5. The van der Waals surface area contributed by atoms with Crippen LogP contribution in [0.4, 0.5) is 13.2 Å². The first-order valence-corrected chi connectivity index (χ1v) is 7.42. The Morgan fingerprint density at radius 1 is 1.05 bits per heavy atom. The molecule has 1 N–H and O–H groups in total. The third-order valence-electron chi connectivity index (χ3n) is 3.16. The molecule has 2 rings (SSSR count). The van der Waals surface area contributed by atoms with E-state index in [9.17, 15) is 13.2 Å². The molecule has 1 atom stereocenters. The van der Waals surface area contributed by atoms with Gasteiger partial charge in [0.2, 0.25) is 0 Å². The summed E-state index contributed by atoms with van der Waals surface area (Å²) in [5, 5.41) is 3.19. The molecular weight excluding hydrogens is 343 g/mol. The molecular formula is C16H15BrF3N. The standard InChI is InChI=1S/C16H15BrF3N/c1-2-21-16(11-7-12(18)9-13(19)8-11)6-10-3-4-15(20)14(17)5-10/h3-5,7-9,16,21H,2,6H2,1H3. The van der Waals surface area contributed by atoms with Crippen molar-refractivity contribution in [2.24, 2.45) is 0 Å². The molecule has 2 aromatic rings. The highest BCUT2D eigenvalue weighted by Gasteiger charge is 2.14. The number of nitrogens with one attached hydrogen (secondary N) is 1. The summed E-state index contributed by atoms with van der Waals surface area (Å²) in [6.07, 6.45) is 0.510. The van der Waals surface area contributed by atoms with Crippen molar-refractivity contribution >= 4 is 15.9 Å². The highest BCUT2D eigenvalue weighted by atomic mass is 79.9. The van der Waals surface area contributed by atoms with Crippen molar-refractivity contribution < 1.29 is 13.2 Å². The van der Waals surface area contributed by atoms with Gasteiger partial charge in [-0.05, 0) is 64.3 Å². The zero-order valence-corrected chi connectivity index (χ0v) is 13.1. The number of hydrogen-bond acceptors (Lipinski definition) is 1. The lowest BCUT2D eigenvalue weighted by Gasteiger charge is -2.19. The molecule has 1 nitrogen and oxygen atoms in total. The average Bonchev–Trinajstić information content (AvgIpc) is 2.41. The summed E-state index contributed by atoms with van der Waals surface area (Å²) in [7, 11) is 0. The Hall–Kier alpha value is -1.33. The fourth-order valence-corrected chi connectivity index (χ4v) is 2.66. The molecule has 0 aliphatic carbocycles. The van der Waals surface area contributed by atoms with Crippen LogP contribution >= 0.6 is 15.9 Å². The molecule has 2 aromatic carbocycles. The van der Waals surface area contributed by atoms with Gasteiger partial charge in [0.05, 0.1) is 4.47 Å². The van der Waals surface area contributed by atoms with Crippen LogP contribution in [0.15, 0.2) is 40.9 Å². The average molecular weight is 358 g/mol. The first-order valence-electron chi connectivity index (χ1n) is 6.63. The van der Waals surface area contributed by atoms with Crippen LogP contribution < -0.4 is 5.32 Å². The minimum absolute atomic E-state index is 0.238. The Labute approximate surface area is 130 Å². The van der Waals surface area contributed by atoms with Gasteiger partial charge in [-0.3, -0.25) is 0 Å².